The van der Waals surface area contributed by atoms with Crippen LogP contribution in [0.2, 0.25) is 0 Å². The highest BCUT2D eigenvalue weighted by Gasteiger charge is 2.47. The molecule has 0 bridgehead atoms. The molecule has 33 heavy (non-hydrogen) atoms. The lowest BCUT2D eigenvalue weighted by molar-refractivity contribution is -0.164. The normalized spacial score (nSPS) is 17.0. The molecule has 2 aliphatic rings. The Hall–Kier alpha value is -3.35. The first kappa shape index (κ1) is 22.8. The van der Waals surface area contributed by atoms with Crippen LogP contribution in [-0.4, -0.2) is 53.7 Å². The summed E-state index contributed by atoms with van der Waals surface area (Å²) < 4.78 is 5.61. The highest BCUT2D eigenvalue weighted by molar-refractivity contribution is 5.84. The quantitative estimate of drug-likeness (QED) is 0.668. The second-order valence-corrected chi connectivity index (χ2v) is 9.64. The van der Waals surface area contributed by atoms with Crippen molar-refractivity contribution in [2.75, 3.05) is 19.7 Å². The van der Waals surface area contributed by atoms with Crippen molar-refractivity contribution in [3.63, 3.8) is 0 Å². The SMILES string of the molecule is CC(C)C(CC(=O)N1CC(C)(C(=O)O)C1)NC(=O)OCC1c2ccccc2-c2ccccc21. The summed E-state index contributed by atoms with van der Waals surface area (Å²) in [6.07, 6.45) is -0.445. The molecule has 1 saturated heterocycles. The fraction of sp³-hybridized carbons (Fsp3) is 0.423. The molecule has 1 aliphatic heterocycles. The highest BCUT2D eigenvalue weighted by atomic mass is 16.5. The maximum Gasteiger partial charge on any atom is 0.407 e. The number of alkyl carbamates (subject to hydrolysis) is 1. The molecular formula is C26H30N2O5. The second kappa shape index (κ2) is 8.89. The molecule has 0 saturated carbocycles. The molecule has 0 spiro atoms. The average molecular weight is 451 g/mol. The van der Waals surface area contributed by atoms with Crippen LogP contribution in [0.1, 0.15) is 44.2 Å². The number of carboxylic acid groups (broad SMARTS) is 1. The molecule has 1 aliphatic carbocycles. The van der Waals surface area contributed by atoms with Gasteiger partial charge in [0.15, 0.2) is 0 Å². The van der Waals surface area contributed by atoms with E-state index in [1.807, 2.05) is 38.1 Å². The third kappa shape index (κ3) is 4.45. The number of amides is 2. The molecule has 1 atom stereocenters. The average Bonchev–Trinajstić information content (AvgIpc) is 3.08. The Kier molecular flexibility index (Phi) is 6.15. The van der Waals surface area contributed by atoms with Gasteiger partial charge in [-0.05, 0) is 35.1 Å². The van der Waals surface area contributed by atoms with Gasteiger partial charge in [-0.3, -0.25) is 9.59 Å². The number of nitrogens with zero attached hydrogens (tertiary/aromatic N) is 1. The van der Waals surface area contributed by atoms with Crippen molar-refractivity contribution < 1.29 is 24.2 Å². The topological polar surface area (TPSA) is 95.9 Å². The molecule has 2 amide bonds. The number of hydrogen-bond acceptors (Lipinski definition) is 4. The van der Waals surface area contributed by atoms with Gasteiger partial charge in [-0.25, -0.2) is 4.79 Å². The van der Waals surface area contributed by atoms with Crippen LogP contribution in [0.25, 0.3) is 11.1 Å². The first-order chi connectivity index (χ1) is 15.7. The summed E-state index contributed by atoms with van der Waals surface area (Å²) in [5.74, 6) is -1.08. The Morgan fingerprint density at radius 1 is 1.06 bits per heavy atom. The number of carbonyl (C=O) groups excluding carboxylic acids is 2. The van der Waals surface area contributed by atoms with Gasteiger partial charge in [0.25, 0.3) is 0 Å². The van der Waals surface area contributed by atoms with Crippen LogP contribution in [0.15, 0.2) is 48.5 Å². The second-order valence-electron chi connectivity index (χ2n) is 9.64. The van der Waals surface area contributed by atoms with E-state index in [9.17, 15) is 19.5 Å². The largest absolute Gasteiger partial charge is 0.481 e. The smallest absolute Gasteiger partial charge is 0.407 e. The number of nitrogens with one attached hydrogen (secondary N) is 1. The van der Waals surface area contributed by atoms with Crippen LogP contribution in [0.4, 0.5) is 4.79 Å². The van der Waals surface area contributed by atoms with Gasteiger partial charge in [0, 0.05) is 31.5 Å². The summed E-state index contributed by atoms with van der Waals surface area (Å²) in [4.78, 5) is 38.0. The zero-order valence-corrected chi connectivity index (χ0v) is 19.2. The summed E-state index contributed by atoms with van der Waals surface area (Å²) in [6, 6.07) is 15.9. The molecule has 0 aromatic heterocycles. The van der Waals surface area contributed by atoms with Crippen LogP contribution in [0, 0.1) is 11.3 Å². The van der Waals surface area contributed by atoms with Crippen LogP contribution < -0.4 is 5.32 Å². The summed E-state index contributed by atoms with van der Waals surface area (Å²) in [7, 11) is 0. The first-order valence-electron chi connectivity index (χ1n) is 11.3. The number of carbonyl (C=O) groups is 3. The molecule has 2 N–H and O–H groups in total. The lowest BCUT2D eigenvalue weighted by atomic mass is 9.81. The van der Waals surface area contributed by atoms with Gasteiger partial charge in [0.2, 0.25) is 5.91 Å². The number of aliphatic carboxylic acids is 1. The molecule has 1 heterocycles. The van der Waals surface area contributed by atoms with Crippen molar-refractivity contribution in [3.8, 4) is 11.1 Å². The lowest BCUT2D eigenvalue weighted by Gasteiger charge is -2.45. The zero-order chi connectivity index (χ0) is 23.8. The highest BCUT2D eigenvalue weighted by Crippen LogP contribution is 2.44. The minimum atomic E-state index is -0.899. The molecule has 2 aromatic rings. The minimum Gasteiger partial charge on any atom is -0.481 e. The summed E-state index contributed by atoms with van der Waals surface area (Å²) in [6.45, 7) is 6.09. The lowest BCUT2D eigenvalue weighted by Crippen LogP contribution is -2.61. The zero-order valence-electron chi connectivity index (χ0n) is 19.2. The maximum absolute atomic E-state index is 12.6. The Morgan fingerprint density at radius 3 is 2.12 bits per heavy atom. The summed E-state index contributed by atoms with van der Waals surface area (Å²) in [5.41, 5.74) is 3.72. The van der Waals surface area contributed by atoms with Crippen LogP contribution in [0.5, 0.6) is 0 Å². The molecule has 4 rings (SSSR count). The van der Waals surface area contributed by atoms with E-state index in [2.05, 4.69) is 29.6 Å². The van der Waals surface area contributed by atoms with Gasteiger partial charge in [0.1, 0.15) is 6.61 Å². The van der Waals surface area contributed by atoms with Gasteiger partial charge in [-0.2, -0.15) is 0 Å². The molecule has 0 radical (unpaired) electrons. The van der Waals surface area contributed by atoms with Gasteiger partial charge >= 0.3 is 12.1 Å². The Morgan fingerprint density at radius 2 is 1.61 bits per heavy atom. The van der Waals surface area contributed by atoms with E-state index in [0.717, 1.165) is 22.3 Å². The van der Waals surface area contributed by atoms with E-state index < -0.39 is 23.5 Å². The molecule has 2 aromatic carbocycles. The number of ether oxygens (including phenoxy) is 1. The van der Waals surface area contributed by atoms with Gasteiger partial charge < -0.3 is 20.1 Å². The third-order valence-electron chi connectivity index (χ3n) is 6.79. The van der Waals surface area contributed by atoms with Crippen LogP contribution in [0.3, 0.4) is 0 Å². The van der Waals surface area contributed by atoms with E-state index in [0.29, 0.717) is 0 Å². The van der Waals surface area contributed by atoms with Crippen molar-refractivity contribution in [3.05, 3.63) is 59.7 Å². The molecule has 1 unspecified atom stereocenters. The number of benzene rings is 2. The number of carboxylic acids is 1. The standard InChI is InChI=1S/C26H30N2O5/c1-16(2)22(12-23(29)28-14-26(3,15-28)24(30)31)27-25(32)33-13-21-19-10-6-4-8-17(19)18-9-5-7-11-20(18)21/h4-11,16,21-22H,12-15H2,1-3H3,(H,27,32)(H,30,31). The minimum absolute atomic E-state index is 0.0153. The molecule has 7 heteroatoms. The van der Waals surface area contributed by atoms with Gasteiger partial charge in [-0.15, -0.1) is 0 Å². The Labute approximate surface area is 193 Å². The van der Waals surface area contributed by atoms with Gasteiger partial charge in [-0.1, -0.05) is 62.4 Å². The van der Waals surface area contributed by atoms with E-state index in [4.69, 9.17) is 4.74 Å². The van der Waals surface area contributed by atoms with Crippen molar-refractivity contribution in [2.45, 2.75) is 39.2 Å². The van der Waals surface area contributed by atoms with E-state index in [1.54, 1.807) is 6.92 Å². The Bertz CT molecular complexity index is 1030. The monoisotopic (exact) mass is 450 g/mol. The third-order valence-corrected chi connectivity index (χ3v) is 6.79. The molecular weight excluding hydrogens is 420 g/mol. The van der Waals surface area contributed by atoms with Gasteiger partial charge in [0.05, 0.1) is 5.41 Å². The predicted molar refractivity (Wildman–Crippen MR) is 124 cm³/mol. The maximum atomic E-state index is 12.6. The number of likely N-dealkylation sites (tertiary alicyclic amines) is 1. The molecule has 1 fully saturated rings. The fourth-order valence-electron chi connectivity index (χ4n) is 4.67. The van der Waals surface area contributed by atoms with E-state index in [1.165, 1.54) is 4.90 Å². The number of hydrogen-bond donors (Lipinski definition) is 2. The van der Waals surface area contributed by atoms with Crippen LogP contribution in [-0.2, 0) is 14.3 Å². The molecule has 174 valence electrons. The summed E-state index contributed by atoms with van der Waals surface area (Å²) in [5, 5.41) is 12.1. The predicted octanol–water partition coefficient (Wildman–Crippen LogP) is 3.87. The number of fused-ring (bicyclic) bond motifs is 3. The number of rotatable bonds is 7. The molecule has 7 nitrogen and oxygen atoms in total. The van der Waals surface area contributed by atoms with E-state index >= 15 is 0 Å². The van der Waals surface area contributed by atoms with Crippen molar-refractivity contribution in [1.29, 1.82) is 0 Å². The fourth-order valence-corrected chi connectivity index (χ4v) is 4.67. The van der Waals surface area contributed by atoms with Crippen molar-refractivity contribution in [2.24, 2.45) is 11.3 Å². The summed E-state index contributed by atoms with van der Waals surface area (Å²) >= 11 is 0. The van der Waals surface area contributed by atoms with Crippen LogP contribution >= 0.6 is 0 Å². The van der Waals surface area contributed by atoms with E-state index in [-0.39, 0.29) is 43.9 Å². The van der Waals surface area contributed by atoms with Crippen molar-refractivity contribution >= 4 is 18.0 Å². The Balaban J connectivity index is 1.35. The van der Waals surface area contributed by atoms with Crippen molar-refractivity contribution in [1.82, 2.24) is 10.2 Å². The first-order valence-corrected chi connectivity index (χ1v) is 11.3.